The van der Waals surface area contributed by atoms with Crippen molar-refractivity contribution in [1.29, 1.82) is 0 Å². The molecule has 0 atom stereocenters. The Labute approximate surface area is 67.2 Å². The number of hydrogen-bond acceptors (Lipinski definition) is 1. The molecule has 1 rings (SSSR count). The molecule has 2 heteroatoms. The summed E-state index contributed by atoms with van der Waals surface area (Å²) < 4.78 is 1.87. The number of aryl methyl sites for hydroxylation is 1. The van der Waals surface area contributed by atoms with Crippen molar-refractivity contribution in [2.24, 2.45) is 0 Å². The number of hydrogen-bond donors (Lipinski definition) is 0. The lowest BCUT2D eigenvalue weighted by molar-refractivity contribution is 0.672. The Bertz CT molecular complexity index is 275. The van der Waals surface area contributed by atoms with Crippen LogP contribution in [0.1, 0.15) is 19.5 Å². The molecule has 0 aliphatic rings. The molecule has 57 valence electrons. The molecular weight excluding hydrogens is 136 g/mol. The Hall–Kier alpha value is -1.23. The van der Waals surface area contributed by atoms with Gasteiger partial charge >= 0.3 is 0 Å². The molecule has 1 aromatic rings. The molecule has 0 unspecified atom stereocenters. The van der Waals surface area contributed by atoms with Gasteiger partial charge in [0, 0.05) is 5.69 Å². The van der Waals surface area contributed by atoms with Crippen LogP contribution in [0, 0.1) is 18.0 Å². The molecule has 0 aliphatic heterocycles. The molecule has 0 saturated carbocycles. The summed E-state index contributed by atoms with van der Waals surface area (Å²) in [6, 6.07) is 1.90. The van der Waals surface area contributed by atoms with E-state index in [4.69, 9.17) is 0 Å². The van der Waals surface area contributed by atoms with E-state index in [0.29, 0.717) is 6.54 Å². The largest absolute Gasteiger partial charge is 0.257 e. The molecule has 0 spiro atoms. The van der Waals surface area contributed by atoms with Gasteiger partial charge in [0.15, 0.2) is 0 Å². The van der Waals surface area contributed by atoms with E-state index >= 15 is 0 Å². The van der Waals surface area contributed by atoms with Gasteiger partial charge in [0.2, 0.25) is 0 Å². The van der Waals surface area contributed by atoms with Gasteiger partial charge in [0.25, 0.3) is 0 Å². The maximum Gasteiger partial charge on any atom is 0.113 e. The van der Waals surface area contributed by atoms with E-state index in [0.717, 1.165) is 6.42 Å². The fraction of sp³-hybridized carbons (Fsp3) is 0.444. The van der Waals surface area contributed by atoms with Crippen molar-refractivity contribution in [2.75, 3.05) is 0 Å². The highest BCUT2D eigenvalue weighted by atomic mass is 15.3. The fourth-order valence-electron chi connectivity index (χ4n) is 0.887. The number of nitrogens with zero attached hydrogens (tertiary/aromatic N) is 2. The molecule has 2 nitrogen and oxygen atoms in total. The van der Waals surface area contributed by atoms with E-state index < -0.39 is 0 Å². The lowest BCUT2D eigenvalue weighted by Gasteiger charge is -1.98. The molecule has 0 amide bonds. The summed E-state index contributed by atoms with van der Waals surface area (Å²) in [5.74, 6) is 5.79. The van der Waals surface area contributed by atoms with Gasteiger partial charge in [0.05, 0.1) is 0 Å². The van der Waals surface area contributed by atoms with Crippen LogP contribution in [0.4, 0.5) is 0 Å². The number of aromatic nitrogens is 2. The smallest absolute Gasteiger partial charge is 0.113 e. The quantitative estimate of drug-likeness (QED) is 0.576. The van der Waals surface area contributed by atoms with Crippen LogP contribution in [-0.4, -0.2) is 9.78 Å². The van der Waals surface area contributed by atoms with Crippen LogP contribution in [-0.2, 0) is 13.0 Å². The first-order chi connectivity index (χ1) is 5.38. The van der Waals surface area contributed by atoms with E-state index in [9.17, 15) is 0 Å². The third-order valence-corrected chi connectivity index (χ3v) is 1.51. The Balaban J connectivity index is 2.73. The van der Waals surface area contributed by atoms with Crippen LogP contribution in [0.25, 0.3) is 0 Å². The lowest BCUT2D eigenvalue weighted by Crippen LogP contribution is -2.02. The summed E-state index contributed by atoms with van der Waals surface area (Å²) in [6.45, 7) is 4.61. The van der Waals surface area contributed by atoms with Gasteiger partial charge in [0.1, 0.15) is 12.7 Å². The molecule has 0 aromatic carbocycles. The van der Waals surface area contributed by atoms with Crippen molar-refractivity contribution in [1.82, 2.24) is 9.78 Å². The molecule has 0 fully saturated rings. The van der Waals surface area contributed by atoms with Crippen LogP contribution in [0.3, 0.4) is 0 Å². The SMILES string of the molecule is CC#CCn1n[c]cc1CC. The summed E-state index contributed by atoms with van der Waals surface area (Å²) in [5.41, 5.74) is 1.19. The van der Waals surface area contributed by atoms with E-state index in [1.807, 2.05) is 17.7 Å². The Morgan fingerprint density at radius 2 is 2.55 bits per heavy atom. The van der Waals surface area contributed by atoms with Crippen molar-refractivity contribution >= 4 is 0 Å². The van der Waals surface area contributed by atoms with Crippen molar-refractivity contribution < 1.29 is 0 Å². The highest BCUT2D eigenvalue weighted by molar-refractivity contribution is 5.03. The van der Waals surface area contributed by atoms with Gasteiger partial charge in [-0.1, -0.05) is 12.8 Å². The maximum atomic E-state index is 4.01. The first kappa shape index (κ1) is 7.87. The van der Waals surface area contributed by atoms with Crippen molar-refractivity contribution in [3.63, 3.8) is 0 Å². The Morgan fingerprint density at radius 1 is 1.73 bits per heavy atom. The van der Waals surface area contributed by atoms with E-state index in [2.05, 4.69) is 30.1 Å². The summed E-state index contributed by atoms with van der Waals surface area (Å²) in [5, 5.41) is 4.01. The zero-order valence-corrected chi connectivity index (χ0v) is 6.89. The van der Waals surface area contributed by atoms with Gasteiger partial charge in [-0.05, 0) is 19.4 Å². The third-order valence-electron chi connectivity index (χ3n) is 1.51. The average molecular weight is 147 g/mol. The van der Waals surface area contributed by atoms with Crippen LogP contribution < -0.4 is 0 Å². The minimum absolute atomic E-state index is 0.684. The first-order valence-corrected chi connectivity index (χ1v) is 3.71. The van der Waals surface area contributed by atoms with Gasteiger partial charge in [-0.25, -0.2) is 0 Å². The third kappa shape index (κ3) is 1.84. The molecule has 1 aromatic heterocycles. The maximum absolute atomic E-state index is 4.01. The van der Waals surface area contributed by atoms with Gasteiger partial charge in [-0.3, -0.25) is 4.68 Å². The average Bonchev–Trinajstić information content (AvgIpc) is 2.47. The second-order valence-electron chi connectivity index (χ2n) is 2.20. The predicted molar refractivity (Wildman–Crippen MR) is 43.9 cm³/mol. The monoisotopic (exact) mass is 147 g/mol. The van der Waals surface area contributed by atoms with Crippen LogP contribution in [0.15, 0.2) is 6.07 Å². The second kappa shape index (κ2) is 3.82. The minimum Gasteiger partial charge on any atom is -0.257 e. The van der Waals surface area contributed by atoms with E-state index in [1.54, 1.807) is 0 Å². The molecule has 1 radical (unpaired) electrons. The Morgan fingerprint density at radius 3 is 3.18 bits per heavy atom. The van der Waals surface area contributed by atoms with Crippen molar-refractivity contribution in [3.05, 3.63) is 18.0 Å². The standard InChI is InChI=1S/C9H11N2/c1-3-5-8-11-9(4-2)6-7-10-11/h6H,4,8H2,1-2H3. The van der Waals surface area contributed by atoms with Crippen molar-refractivity contribution in [3.8, 4) is 11.8 Å². The summed E-state index contributed by atoms with van der Waals surface area (Å²) in [4.78, 5) is 0. The molecule has 0 aliphatic carbocycles. The number of rotatable bonds is 2. The Kier molecular flexibility index (Phi) is 2.74. The highest BCUT2D eigenvalue weighted by Crippen LogP contribution is 1.97. The fourth-order valence-corrected chi connectivity index (χ4v) is 0.887. The topological polar surface area (TPSA) is 17.8 Å². The highest BCUT2D eigenvalue weighted by Gasteiger charge is 1.96. The van der Waals surface area contributed by atoms with Gasteiger partial charge < -0.3 is 0 Å². The molecule has 0 bridgehead atoms. The lowest BCUT2D eigenvalue weighted by atomic mass is 10.3. The first-order valence-electron chi connectivity index (χ1n) is 3.71. The second-order valence-corrected chi connectivity index (χ2v) is 2.20. The molecule has 0 saturated heterocycles. The van der Waals surface area contributed by atoms with Gasteiger partial charge in [-0.15, -0.1) is 5.92 Å². The van der Waals surface area contributed by atoms with Crippen LogP contribution in [0.2, 0.25) is 0 Å². The summed E-state index contributed by atoms with van der Waals surface area (Å²) in [7, 11) is 0. The zero-order chi connectivity index (χ0) is 8.10. The molecule has 1 heterocycles. The molecular formula is C9H11N2. The summed E-state index contributed by atoms with van der Waals surface area (Å²) in [6.07, 6.45) is 3.79. The normalized spacial score (nSPS) is 8.91. The van der Waals surface area contributed by atoms with E-state index in [1.165, 1.54) is 5.69 Å². The minimum atomic E-state index is 0.684. The van der Waals surface area contributed by atoms with Gasteiger partial charge in [-0.2, -0.15) is 5.10 Å². The van der Waals surface area contributed by atoms with Crippen LogP contribution >= 0.6 is 0 Å². The van der Waals surface area contributed by atoms with Crippen LogP contribution in [0.5, 0.6) is 0 Å². The molecule has 11 heavy (non-hydrogen) atoms. The van der Waals surface area contributed by atoms with E-state index in [-0.39, 0.29) is 0 Å². The summed E-state index contributed by atoms with van der Waals surface area (Å²) >= 11 is 0. The molecule has 0 N–H and O–H groups in total. The zero-order valence-electron chi connectivity index (χ0n) is 6.89. The van der Waals surface area contributed by atoms with Crippen molar-refractivity contribution in [2.45, 2.75) is 26.8 Å². The predicted octanol–water partition coefficient (Wildman–Crippen LogP) is 1.27.